The maximum absolute atomic E-state index is 12.5. The van der Waals surface area contributed by atoms with E-state index in [9.17, 15) is 4.79 Å². The molecule has 0 aliphatic carbocycles. The van der Waals surface area contributed by atoms with Gasteiger partial charge in [0.05, 0.1) is 24.1 Å². The van der Waals surface area contributed by atoms with E-state index >= 15 is 0 Å². The van der Waals surface area contributed by atoms with Crippen molar-refractivity contribution in [2.24, 2.45) is 0 Å². The molecule has 1 amide bonds. The van der Waals surface area contributed by atoms with E-state index in [4.69, 9.17) is 9.26 Å². The van der Waals surface area contributed by atoms with Gasteiger partial charge in [-0.15, -0.1) is 0 Å². The molecule has 1 fully saturated rings. The fraction of sp³-hybridized carbons (Fsp3) is 0.526. The molecule has 6 heteroatoms. The number of pyridine rings is 1. The summed E-state index contributed by atoms with van der Waals surface area (Å²) >= 11 is 0. The van der Waals surface area contributed by atoms with Crippen LogP contribution < -0.4 is 0 Å². The number of ether oxygens (including phenoxy) is 1. The first kappa shape index (κ1) is 17.6. The molecule has 0 saturated carbocycles. The van der Waals surface area contributed by atoms with Crippen molar-refractivity contribution in [2.45, 2.75) is 52.2 Å². The van der Waals surface area contributed by atoms with Crippen molar-refractivity contribution in [3.05, 3.63) is 47.1 Å². The molecule has 0 radical (unpaired) electrons. The Morgan fingerprint density at radius 1 is 1.40 bits per heavy atom. The fourth-order valence-corrected chi connectivity index (χ4v) is 3.24. The number of carbonyl (C=O) groups is 1. The molecule has 1 aliphatic heterocycles. The molecule has 2 aromatic rings. The van der Waals surface area contributed by atoms with Gasteiger partial charge in [-0.2, -0.15) is 0 Å². The van der Waals surface area contributed by atoms with Gasteiger partial charge in [-0.3, -0.25) is 9.78 Å². The first-order valence-corrected chi connectivity index (χ1v) is 8.84. The Labute approximate surface area is 148 Å². The van der Waals surface area contributed by atoms with Gasteiger partial charge in [-0.25, -0.2) is 0 Å². The van der Waals surface area contributed by atoms with Gasteiger partial charge in [-0.05, 0) is 45.2 Å². The summed E-state index contributed by atoms with van der Waals surface area (Å²) in [5.74, 6) is 0.978. The highest BCUT2D eigenvalue weighted by Crippen LogP contribution is 2.18. The van der Waals surface area contributed by atoms with Gasteiger partial charge in [-0.1, -0.05) is 11.2 Å². The molecule has 1 saturated heterocycles. The molecular weight excluding hydrogens is 318 g/mol. The average Bonchev–Trinajstić information content (AvgIpc) is 2.97. The smallest absolute Gasteiger partial charge is 0.222 e. The lowest BCUT2D eigenvalue weighted by Gasteiger charge is -2.32. The molecule has 3 heterocycles. The summed E-state index contributed by atoms with van der Waals surface area (Å²) in [6.07, 6.45) is 4.97. The fourth-order valence-electron chi connectivity index (χ4n) is 3.24. The van der Waals surface area contributed by atoms with Gasteiger partial charge in [0.15, 0.2) is 0 Å². The van der Waals surface area contributed by atoms with Gasteiger partial charge in [0.1, 0.15) is 5.76 Å². The first-order valence-electron chi connectivity index (χ1n) is 8.84. The van der Waals surface area contributed by atoms with Crippen molar-refractivity contribution < 1.29 is 14.1 Å². The maximum Gasteiger partial charge on any atom is 0.222 e. The van der Waals surface area contributed by atoms with E-state index in [-0.39, 0.29) is 12.0 Å². The molecule has 6 nitrogen and oxygen atoms in total. The van der Waals surface area contributed by atoms with E-state index in [0.29, 0.717) is 26.0 Å². The Kier molecular flexibility index (Phi) is 5.81. The molecule has 1 unspecified atom stereocenters. The minimum Gasteiger partial charge on any atom is -0.370 e. The van der Waals surface area contributed by atoms with E-state index in [1.54, 1.807) is 6.20 Å². The number of hydrogen-bond donors (Lipinski definition) is 0. The molecule has 2 aromatic heterocycles. The zero-order chi connectivity index (χ0) is 17.6. The summed E-state index contributed by atoms with van der Waals surface area (Å²) < 4.78 is 11.1. The molecule has 25 heavy (non-hydrogen) atoms. The van der Waals surface area contributed by atoms with Crippen molar-refractivity contribution >= 4 is 5.91 Å². The predicted molar refractivity (Wildman–Crippen MR) is 92.9 cm³/mol. The highest BCUT2D eigenvalue weighted by Gasteiger charge is 2.24. The van der Waals surface area contributed by atoms with Gasteiger partial charge in [0, 0.05) is 31.3 Å². The molecule has 134 valence electrons. The van der Waals surface area contributed by atoms with Crippen LogP contribution in [0.5, 0.6) is 0 Å². The van der Waals surface area contributed by atoms with Crippen LogP contribution in [0, 0.1) is 13.8 Å². The lowest BCUT2D eigenvalue weighted by molar-refractivity contribution is -0.135. The van der Waals surface area contributed by atoms with Crippen molar-refractivity contribution in [3.63, 3.8) is 0 Å². The summed E-state index contributed by atoms with van der Waals surface area (Å²) in [5, 5.41) is 3.95. The molecular formula is C19H25N3O3. The average molecular weight is 343 g/mol. The van der Waals surface area contributed by atoms with Gasteiger partial charge in [0.2, 0.25) is 5.91 Å². The zero-order valence-electron chi connectivity index (χ0n) is 14.9. The molecule has 0 aromatic carbocycles. The Balaban J connectivity index is 1.48. The second kappa shape index (κ2) is 8.25. The number of hydrogen-bond acceptors (Lipinski definition) is 5. The number of piperidine rings is 1. The molecule has 0 spiro atoms. The van der Waals surface area contributed by atoms with Crippen LogP contribution in [0.3, 0.4) is 0 Å². The van der Waals surface area contributed by atoms with Gasteiger partial charge in [0.25, 0.3) is 0 Å². The van der Waals surface area contributed by atoms with E-state index in [0.717, 1.165) is 42.1 Å². The van der Waals surface area contributed by atoms with Crippen LogP contribution in [0.1, 0.15) is 42.0 Å². The summed E-state index contributed by atoms with van der Waals surface area (Å²) in [4.78, 5) is 18.7. The SMILES string of the molecule is Cc1noc(C)c1CCC(=O)N1CCCC(OCc2ccccn2)C1. The number of aromatic nitrogens is 2. The quantitative estimate of drug-likeness (QED) is 0.807. The Morgan fingerprint density at radius 2 is 2.28 bits per heavy atom. The molecule has 0 N–H and O–H groups in total. The molecule has 1 atom stereocenters. The number of carbonyl (C=O) groups excluding carboxylic acids is 1. The normalized spacial score (nSPS) is 17.7. The van der Waals surface area contributed by atoms with E-state index in [2.05, 4.69) is 10.1 Å². The van der Waals surface area contributed by atoms with Gasteiger partial charge >= 0.3 is 0 Å². The Hall–Kier alpha value is -2.21. The lowest BCUT2D eigenvalue weighted by atomic mass is 10.1. The summed E-state index contributed by atoms with van der Waals surface area (Å²) in [5.41, 5.74) is 2.85. The largest absolute Gasteiger partial charge is 0.370 e. The highest BCUT2D eigenvalue weighted by molar-refractivity contribution is 5.76. The van der Waals surface area contributed by atoms with E-state index < -0.39 is 0 Å². The second-order valence-corrected chi connectivity index (χ2v) is 6.54. The minimum atomic E-state index is 0.0822. The first-order chi connectivity index (χ1) is 12.1. The van der Waals surface area contributed by atoms with Crippen LogP contribution in [-0.4, -0.2) is 40.1 Å². The van der Waals surface area contributed by atoms with Crippen molar-refractivity contribution in [3.8, 4) is 0 Å². The number of nitrogens with zero attached hydrogens (tertiary/aromatic N) is 3. The summed E-state index contributed by atoms with van der Waals surface area (Å²) in [6.45, 7) is 5.77. The predicted octanol–water partition coefficient (Wildman–Crippen LogP) is 2.83. The van der Waals surface area contributed by atoms with Crippen LogP contribution in [0.25, 0.3) is 0 Å². The van der Waals surface area contributed by atoms with Crippen LogP contribution >= 0.6 is 0 Å². The maximum atomic E-state index is 12.5. The number of amides is 1. The third-order valence-corrected chi connectivity index (χ3v) is 4.69. The van der Waals surface area contributed by atoms with Crippen LogP contribution in [0.4, 0.5) is 0 Å². The van der Waals surface area contributed by atoms with E-state index in [1.165, 1.54) is 0 Å². The van der Waals surface area contributed by atoms with Crippen molar-refractivity contribution in [1.82, 2.24) is 15.0 Å². The summed E-state index contributed by atoms with van der Waals surface area (Å²) in [7, 11) is 0. The van der Waals surface area contributed by atoms with Crippen LogP contribution in [0.2, 0.25) is 0 Å². The number of rotatable bonds is 6. The Bertz CT molecular complexity index is 680. The topological polar surface area (TPSA) is 68.5 Å². The molecule has 3 rings (SSSR count). The number of likely N-dealkylation sites (tertiary alicyclic amines) is 1. The minimum absolute atomic E-state index is 0.0822. The highest BCUT2D eigenvalue weighted by atomic mass is 16.5. The van der Waals surface area contributed by atoms with Gasteiger partial charge < -0.3 is 14.2 Å². The van der Waals surface area contributed by atoms with Crippen molar-refractivity contribution in [2.75, 3.05) is 13.1 Å². The van der Waals surface area contributed by atoms with E-state index in [1.807, 2.05) is 36.9 Å². The molecule has 0 bridgehead atoms. The standard InChI is InChI=1S/C19H25N3O3/c1-14-18(15(2)25-21-14)8-9-19(23)22-11-5-7-17(12-22)24-13-16-6-3-4-10-20-16/h3-4,6,10,17H,5,7-9,11-13H2,1-2H3. The number of aryl methyl sites for hydroxylation is 2. The zero-order valence-corrected chi connectivity index (χ0v) is 14.9. The third-order valence-electron chi connectivity index (χ3n) is 4.69. The van der Waals surface area contributed by atoms with Crippen LogP contribution in [-0.2, 0) is 22.6 Å². The monoisotopic (exact) mass is 343 g/mol. The molecule has 1 aliphatic rings. The van der Waals surface area contributed by atoms with Crippen molar-refractivity contribution in [1.29, 1.82) is 0 Å². The lowest BCUT2D eigenvalue weighted by Crippen LogP contribution is -2.43. The second-order valence-electron chi connectivity index (χ2n) is 6.54. The Morgan fingerprint density at radius 3 is 3.00 bits per heavy atom. The summed E-state index contributed by atoms with van der Waals surface area (Å²) in [6, 6.07) is 5.80. The van der Waals surface area contributed by atoms with Crippen LogP contribution in [0.15, 0.2) is 28.9 Å². The third kappa shape index (κ3) is 4.66.